The number of nitrogens with one attached hydrogen (secondary N) is 1. The molecule has 4 heteroatoms. The van der Waals surface area contributed by atoms with Gasteiger partial charge in [0.25, 0.3) is 0 Å². The molecule has 0 saturated carbocycles. The van der Waals surface area contributed by atoms with E-state index in [0.717, 1.165) is 18.7 Å². The molecule has 104 valence electrons. The molecule has 2 fully saturated rings. The van der Waals surface area contributed by atoms with Crippen molar-refractivity contribution in [1.29, 1.82) is 0 Å². The Balaban J connectivity index is 1.67. The lowest BCUT2D eigenvalue weighted by Crippen LogP contribution is -2.35. The monoisotopic (exact) mass is 264 g/mol. The standard InChI is InChI=1S/C15H21FN2O/c1-19-14-5-2-11(15(16)8-14)9-18-7-6-12-3-4-13(10-18)17-12/h2,5,8,12-13,17H,3-4,6-7,9-10H2,1H3/t12-,13+/m1/s1. The van der Waals surface area contributed by atoms with Gasteiger partial charge in [-0.25, -0.2) is 4.39 Å². The number of nitrogens with zero attached hydrogens (tertiary/aromatic N) is 1. The lowest BCUT2D eigenvalue weighted by Gasteiger charge is -2.24. The van der Waals surface area contributed by atoms with E-state index in [1.165, 1.54) is 25.3 Å². The molecule has 3 nitrogen and oxygen atoms in total. The first-order valence-electron chi connectivity index (χ1n) is 7.05. The van der Waals surface area contributed by atoms with E-state index in [9.17, 15) is 4.39 Å². The van der Waals surface area contributed by atoms with Crippen LogP contribution < -0.4 is 10.1 Å². The first-order valence-corrected chi connectivity index (χ1v) is 7.05. The summed E-state index contributed by atoms with van der Waals surface area (Å²) < 4.78 is 19.0. The summed E-state index contributed by atoms with van der Waals surface area (Å²) in [6.45, 7) is 2.78. The van der Waals surface area contributed by atoms with E-state index in [2.05, 4.69) is 10.2 Å². The molecule has 1 N–H and O–H groups in total. The maximum Gasteiger partial charge on any atom is 0.131 e. The van der Waals surface area contributed by atoms with E-state index in [-0.39, 0.29) is 5.82 Å². The molecule has 2 aliphatic rings. The number of methoxy groups -OCH3 is 1. The fraction of sp³-hybridized carbons (Fsp3) is 0.600. The second-order valence-electron chi connectivity index (χ2n) is 5.62. The highest BCUT2D eigenvalue weighted by atomic mass is 19.1. The van der Waals surface area contributed by atoms with Crippen LogP contribution in [0, 0.1) is 5.82 Å². The zero-order valence-electron chi connectivity index (χ0n) is 11.4. The van der Waals surface area contributed by atoms with E-state index in [4.69, 9.17) is 4.74 Å². The van der Waals surface area contributed by atoms with Crippen molar-refractivity contribution in [1.82, 2.24) is 10.2 Å². The maximum absolute atomic E-state index is 14.0. The Morgan fingerprint density at radius 1 is 1.32 bits per heavy atom. The summed E-state index contributed by atoms with van der Waals surface area (Å²) in [5.74, 6) is 0.416. The van der Waals surface area contributed by atoms with Crippen molar-refractivity contribution in [2.75, 3.05) is 20.2 Å². The number of hydrogen-bond donors (Lipinski definition) is 1. The molecule has 0 unspecified atom stereocenters. The average molecular weight is 264 g/mol. The van der Waals surface area contributed by atoms with E-state index >= 15 is 0 Å². The van der Waals surface area contributed by atoms with Gasteiger partial charge < -0.3 is 10.1 Å². The summed E-state index contributed by atoms with van der Waals surface area (Å²) in [5.41, 5.74) is 0.763. The molecule has 2 saturated heterocycles. The van der Waals surface area contributed by atoms with Gasteiger partial charge in [0, 0.05) is 43.3 Å². The molecule has 0 aliphatic carbocycles. The zero-order valence-corrected chi connectivity index (χ0v) is 11.4. The van der Waals surface area contributed by atoms with Crippen LogP contribution in [-0.2, 0) is 6.54 Å². The Kier molecular flexibility index (Phi) is 3.71. The van der Waals surface area contributed by atoms with Crippen molar-refractivity contribution < 1.29 is 9.13 Å². The van der Waals surface area contributed by atoms with Crippen LogP contribution in [0.1, 0.15) is 24.8 Å². The van der Waals surface area contributed by atoms with E-state index in [0.29, 0.717) is 24.4 Å². The highest BCUT2D eigenvalue weighted by Gasteiger charge is 2.29. The Bertz CT molecular complexity index is 452. The minimum absolute atomic E-state index is 0.165. The minimum atomic E-state index is -0.165. The molecular formula is C15H21FN2O. The van der Waals surface area contributed by atoms with Gasteiger partial charge in [-0.2, -0.15) is 0 Å². The molecule has 1 aromatic carbocycles. The Morgan fingerprint density at radius 3 is 2.95 bits per heavy atom. The minimum Gasteiger partial charge on any atom is -0.497 e. The van der Waals surface area contributed by atoms with Crippen LogP contribution in [0.5, 0.6) is 5.75 Å². The summed E-state index contributed by atoms with van der Waals surface area (Å²) in [5, 5.41) is 3.65. The van der Waals surface area contributed by atoms with Crippen molar-refractivity contribution in [3.05, 3.63) is 29.6 Å². The molecule has 1 aromatic rings. The number of halogens is 1. The fourth-order valence-electron chi connectivity index (χ4n) is 3.18. The fourth-order valence-corrected chi connectivity index (χ4v) is 3.18. The summed E-state index contributed by atoms with van der Waals surface area (Å²) in [4.78, 5) is 2.36. The van der Waals surface area contributed by atoms with Crippen LogP contribution in [0.2, 0.25) is 0 Å². The SMILES string of the molecule is COc1ccc(CN2CC[C@H]3CC[C@@H](C2)N3)c(F)c1. The summed E-state index contributed by atoms with van der Waals surface area (Å²) in [6.07, 6.45) is 3.73. The third-order valence-electron chi connectivity index (χ3n) is 4.26. The predicted molar refractivity (Wildman–Crippen MR) is 72.8 cm³/mol. The molecule has 2 atom stereocenters. The molecule has 19 heavy (non-hydrogen) atoms. The smallest absolute Gasteiger partial charge is 0.131 e. The lowest BCUT2D eigenvalue weighted by molar-refractivity contribution is 0.247. The van der Waals surface area contributed by atoms with Crippen molar-refractivity contribution in [2.45, 2.75) is 37.9 Å². The molecule has 0 spiro atoms. The van der Waals surface area contributed by atoms with E-state index in [1.54, 1.807) is 7.11 Å². The Morgan fingerprint density at radius 2 is 2.16 bits per heavy atom. The predicted octanol–water partition coefficient (Wildman–Crippen LogP) is 2.16. The number of rotatable bonds is 3. The third kappa shape index (κ3) is 2.90. The van der Waals surface area contributed by atoms with Gasteiger partial charge in [0.1, 0.15) is 11.6 Å². The molecule has 0 amide bonds. The first kappa shape index (κ1) is 12.9. The third-order valence-corrected chi connectivity index (χ3v) is 4.26. The molecule has 2 heterocycles. The molecule has 0 radical (unpaired) electrons. The van der Waals surface area contributed by atoms with Gasteiger partial charge >= 0.3 is 0 Å². The van der Waals surface area contributed by atoms with Crippen molar-refractivity contribution in [2.24, 2.45) is 0 Å². The van der Waals surface area contributed by atoms with Crippen LogP contribution in [0.3, 0.4) is 0 Å². The molecular weight excluding hydrogens is 243 g/mol. The van der Waals surface area contributed by atoms with Crippen LogP contribution in [0.4, 0.5) is 4.39 Å². The maximum atomic E-state index is 14.0. The molecule has 3 rings (SSSR count). The van der Waals surface area contributed by atoms with Gasteiger partial charge in [-0.15, -0.1) is 0 Å². The molecule has 2 aliphatic heterocycles. The van der Waals surface area contributed by atoms with Gasteiger partial charge in [0.05, 0.1) is 7.11 Å². The normalized spacial score (nSPS) is 27.3. The van der Waals surface area contributed by atoms with E-state index in [1.807, 2.05) is 12.1 Å². The number of likely N-dealkylation sites (tertiary alicyclic amines) is 1. The second kappa shape index (κ2) is 5.47. The summed E-state index contributed by atoms with van der Waals surface area (Å²) in [7, 11) is 1.56. The topological polar surface area (TPSA) is 24.5 Å². The van der Waals surface area contributed by atoms with Crippen LogP contribution in [-0.4, -0.2) is 37.2 Å². The quantitative estimate of drug-likeness (QED) is 0.905. The van der Waals surface area contributed by atoms with Gasteiger partial charge in [-0.3, -0.25) is 4.90 Å². The van der Waals surface area contributed by atoms with Gasteiger partial charge in [0.2, 0.25) is 0 Å². The lowest BCUT2D eigenvalue weighted by atomic mass is 10.1. The van der Waals surface area contributed by atoms with Gasteiger partial charge in [0.15, 0.2) is 0 Å². The average Bonchev–Trinajstić information content (AvgIpc) is 2.74. The Hall–Kier alpha value is -1.13. The highest BCUT2D eigenvalue weighted by Crippen LogP contribution is 2.23. The van der Waals surface area contributed by atoms with Gasteiger partial charge in [-0.05, 0) is 25.3 Å². The largest absolute Gasteiger partial charge is 0.497 e. The summed E-state index contributed by atoms with van der Waals surface area (Å²) in [6, 6.07) is 6.41. The van der Waals surface area contributed by atoms with E-state index < -0.39 is 0 Å². The van der Waals surface area contributed by atoms with Crippen molar-refractivity contribution in [3.63, 3.8) is 0 Å². The van der Waals surface area contributed by atoms with Crippen LogP contribution in [0.15, 0.2) is 18.2 Å². The zero-order chi connectivity index (χ0) is 13.2. The summed E-state index contributed by atoms with van der Waals surface area (Å²) >= 11 is 0. The second-order valence-corrected chi connectivity index (χ2v) is 5.62. The van der Waals surface area contributed by atoms with Crippen molar-refractivity contribution >= 4 is 0 Å². The molecule has 0 aromatic heterocycles. The number of benzene rings is 1. The highest BCUT2D eigenvalue weighted by molar-refractivity contribution is 5.28. The first-order chi connectivity index (χ1) is 9.24. The number of fused-ring (bicyclic) bond motifs is 2. The number of ether oxygens (including phenoxy) is 1. The van der Waals surface area contributed by atoms with Gasteiger partial charge in [-0.1, -0.05) is 6.07 Å². The number of hydrogen-bond acceptors (Lipinski definition) is 3. The van der Waals surface area contributed by atoms with Crippen LogP contribution in [0.25, 0.3) is 0 Å². The molecule has 2 bridgehead atoms. The van der Waals surface area contributed by atoms with Crippen molar-refractivity contribution in [3.8, 4) is 5.75 Å². The van der Waals surface area contributed by atoms with Crippen LogP contribution >= 0.6 is 0 Å². The Labute approximate surface area is 113 Å².